The van der Waals surface area contributed by atoms with Crippen LogP contribution in [0.1, 0.15) is 43.0 Å². The third kappa shape index (κ3) is 7.20. The van der Waals surface area contributed by atoms with Crippen molar-refractivity contribution < 1.29 is 32.9 Å². The van der Waals surface area contributed by atoms with Gasteiger partial charge in [-0.05, 0) is 30.3 Å². The van der Waals surface area contributed by atoms with Crippen molar-refractivity contribution in [3.63, 3.8) is 0 Å². The van der Waals surface area contributed by atoms with Gasteiger partial charge in [-0.2, -0.15) is 0 Å². The Hall–Kier alpha value is -1.69. The summed E-state index contributed by atoms with van der Waals surface area (Å²) < 4.78 is 35.1. The summed E-state index contributed by atoms with van der Waals surface area (Å²) in [4.78, 5) is 13.3. The summed E-state index contributed by atoms with van der Waals surface area (Å²) in [5, 5.41) is 8.01. The number of esters is 1. The predicted octanol–water partition coefficient (Wildman–Crippen LogP) is 6.81. The number of fused-ring (bicyclic) bond motifs is 1. The first-order valence-corrected chi connectivity index (χ1v) is 17.0. The van der Waals surface area contributed by atoms with Gasteiger partial charge in [-0.15, -0.1) is 0 Å². The third-order valence-electron chi connectivity index (χ3n) is 7.34. The highest BCUT2D eigenvalue weighted by molar-refractivity contribution is 6.76. The molecule has 6 atom stereocenters. The summed E-state index contributed by atoms with van der Waals surface area (Å²) in [7, 11) is -2.50. The molecule has 0 spiro atoms. The molecule has 0 aromatic heterocycles. The fourth-order valence-corrected chi connectivity index (χ4v) is 5.58. The van der Waals surface area contributed by atoms with E-state index in [-0.39, 0.29) is 11.6 Å². The Morgan fingerprint density at radius 3 is 2.10 bits per heavy atom. The Balaban J connectivity index is 1.74. The lowest BCUT2D eigenvalue weighted by Crippen LogP contribution is -2.66. The van der Waals surface area contributed by atoms with E-state index in [0.29, 0.717) is 5.56 Å². The highest BCUT2D eigenvalue weighted by Crippen LogP contribution is 2.43. The highest BCUT2D eigenvalue weighted by Gasteiger charge is 2.56. The van der Waals surface area contributed by atoms with E-state index in [9.17, 15) is 4.79 Å². The molecule has 0 aliphatic carbocycles. The zero-order valence-electron chi connectivity index (χ0n) is 22.9. The van der Waals surface area contributed by atoms with Crippen molar-refractivity contribution in [3.05, 3.63) is 71.8 Å². The first kappa shape index (κ1) is 31.2. The number of hydrogen-bond donors (Lipinski definition) is 1. The van der Waals surface area contributed by atoms with E-state index in [1.165, 1.54) is 0 Å². The number of alkyl halides is 3. The molecule has 40 heavy (non-hydrogen) atoms. The fraction of sp³-hybridized carbons (Fsp3) is 0.500. The third-order valence-corrected chi connectivity index (χ3v) is 12.3. The second kappa shape index (κ2) is 12.3. The van der Waals surface area contributed by atoms with Crippen LogP contribution < -0.4 is 0 Å². The molecule has 5 unspecified atom stereocenters. The van der Waals surface area contributed by atoms with Gasteiger partial charge in [-0.1, -0.05) is 104 Å². The van der Waals surface area contributed by atoms with Gasteiger partial charge < -0.3 is 28.1 Å². The average molecular weight is 631 g/mol. The SMILES string of the molecule is CC(C)(C)[Si](C)(C)OC1C2O[C@H](c3ccccc3)OCC2OC(OC(=N)C(Cl)(Cl)Cl)C1OC(=O)c1ccccc1. The quantitative estimate of drug-likeness (QED) is 0.123. The molecule has 2 aliphatic heterocycles. The first-order chi connectivity index (χ1) is 18.7. The summed E-state index contributed by atoms with van der Waals surface area (Å²) in [6.45, 7) is 10.6. The van der Waals surface area contributed by atoms with Crippen molar-refractivity contribution in [2.24, 2.45) is 0 Å². The monoisotopic (exact) mass is 629 g/mol. The van der Waals surface area contributed by atoms with Crippen LogP contribution in [0.4, 0.5) is 0 Å². The van der Waals surface area contributed by atoms with Gasteiger partial charge in [0.2, 0.25) is 12.2 Å². The second-order valence-corrected chi connectivity index (χ2v) is 18.3. The summed E-state index contributed by atoms with van der Waals surface area (Å²) in [5.74, 6) is -1.32. The van der Waals surface area contributed by atoms with Gasteiger partial charge in [0, 0.05) is 5.56 Å². The van der Waals surface area contributed by atoms with Gasteiger partial charge >= 0.3 is 5.97 Å². The minimum Gasteiger partial charge on any atom is -0.449 e. The molecule has 0 radical (unpaired) electrons. The molecule has 2 aliphatic rings. The molecule has 1 N–H and O–H groups in total. The number of benzene rings is 2. The Morgan fingerprint density at radius 2 is 1.52 bits per heavy atom. The van der Waals surface area contributed by atoms with E-state index < -0.39 is 61.0 Å². The maximum Gasteiger partial charge on any atom is 0.338 e. The molecule has 2 fully saturated rings. The van der Waals surface area contributed by atoms with Crippen LogP contribution in [0, 0.1) is 5.41 Å². The van der Waals surface area contributed by atoms with Gasteiger partial charge in [0.05, 0.1) is 12.2 Å². The molecule has 0 bridgehead atoms. The molecule has 2 aromatic rings. The molecule has 0 amide bonds. The molecular weight excluding hydrogens is 597 g/mol. The van der Waals surface area contributed by atoms with Crippen molar-refractivity contribution >= 4 is 55.0 Å². The number of nitrogens with one attached hydrogen (secondary N) is 1. The molecule has 4 rings (SSSR count). The predicted molar refractivity (Wildman–Crippen MR) is 155 cm³/mol. The summed E-state index contributed by atoms with van der Waals surface area (Å²) >= 11 is 17.8. The lowest BCUT2D eigenvalue weighted by molar-refractivity contribution is -0.349. The lowest BCUT2D eigenvalue weighted by Gasteiger charge is -2.51. The van der Waals surface area contributed by atoms with Crippen molar-refractivity contribution in [3.8, 4) is 0 Å². The van der Waals surface area contributed by atoms with Gasteiger partial charge in [0.1, 0.15) is 18.3 Å². The number of hydrogen-bond acceptors (Lipinski definition) is 8. The summed E-state index contributed by atoms with van der Waals surface area (Å²) in [5.41, 5.74) is 1.14. The number of rotatable bonds is 6. The minimum atomic E-state index is -2.50. The van der Waals surface area contributed by atoms with Crippen LogP contribution in [0.5, 0.6) is 0 Å². The first-order valence-electron chi connectivity index (χ1n) is 12.9. The van der Waals surface area contributed by atoms with E-state index in [2.05, 4.69) is 33.9 Å². The molecule has 2 saturated heterocycles. The summed E-state index contributed by atoms with van der Waals surface area (Å²) in [6, 6.07) is 18.0. The van der Waals surface area contributed by atoms with E-state index >= 15 is 0 Å². The Morgan fingerprint density at radius 1 is 0.925 bits per heavy atom. The lowest BCUT2D eigenvalue weighted by atomic mass is 9.97. The zero-order chi connectivity index (χ0) is 29.3. The van der Waals surface area contributed by atoms with E-state index in [4.69, 9.17) is 68.3 Å². The minimum absolute atomic E-state index is 0.127. The topological polar surface area (TPSA) is 96.3 Å². The maximum absolute atomic E-state index is 13.3. The smallest absolute Gasteiger partial charge is 0.338 e. The molecule has 0 saturated carbocycles. The molecule has 218 valence electrons. The number of ether oxygens (including phenoxy) is 5. The van der Waals surface area contributed by atoms with Gasteiger partial charge in [0.15, 0.2) is 20.7 Å². The molecule has 12 heteroatoms. The normalized spacial score (nSPS) is 27.4. The summed E-state index contributed by atoms with van der Waals surface area (Å²) in [6.07, 6.45) is -5.45. The molecule has 2 aromatic carbocycles. The zero-order valence-corrected chi connectivity index (χ0v) is 26.2. The second-order valence-electron chi connectivity index (χ2n) is 11.2. The Labute approximate surface area is 250 Å². The van der Waals surface area contributed by atoms with Crippen molar-refractivity contribution in [1.29, 1.82) is 5.41 Å². The fourth-order valence-electron chi connectivity index (χ4n) is 4.15. The van der Waals surface area contributed by atoms with Gasteiger partial charge in [0.25, 0.3) is 3.79 Å². The largest absolute Gasteiger partial charge is 0.449 e. The van der Waals surface area contributed by atoms with Crippen LogP contribution in [0.15, 0.2) is 60.7 Å². The van der Waals surface area contributed by atoms with Crippen LogP contribution in [0.2, 0.25) is 18.1 Å². The van der Waals surface area contributed by atoms with Gasteiger partial charge in [-0.3, -0.25) is 5.41 Å². The Kier molecular flexibility index (Phi) is 9.59. The average Bonchev–Trinajstić information content (AvgIpc) is 2.90. The highest BCUT2D eigenvalue weighted by atomic mass is 35.6. The van der Waals surface area contributed by atoms with Crippen LogP contribution in [0.3, 0.4) is 0 Å². The number of halogens is 3. The molecule has 8 nitrogen and oxygen atoms in total. The van der Waals surface area contributed by atoms with Crippen LogP contribution in [0.25, 0.3) is 0 Å². The number of carbonyl (C=O) groups excluding carboxylic acids is 1. The number of carbonyl (C=O) groups is 1. The van der Waals surface area contributed by atoms with Crippen LogP contribution in [-0.4, -0.2) is 61.3 Å². The van der Waals surface area contributed by atoms with Crippen LogP contribution >= 0.6 is 34.8 Å². The van der Waals surface area contributed by atoms with Crippen molar-refractivity contribution in [1.82, 2.24) is 0 Å². The van der Waals surface area contributed by atoms with E-state index in [0.717, 1.165) is 5.56 Å². The van der Waals surface area contributed by atoms with Crippen molar-refractivity contribution in [2.75, 3.05) is 6.61 Å². The Bertz CT molecular complexity index is 1170. The molecule has 2 heterocycles. The molecular formula is C28H34Cl3NO7Si. The van der Waals surface area contributed by atoms with E-state index in [1.54, 1.807) is 30.3 Å². The maximum atomic E-state index is 13.3. The standard InChI is InChI=1S/C28H34Cl3NO7Si/c1-27(2,3)40(4,5)39-21-20-19(16-34-24(37-20)18-14-10-7-11-15-18)35-25(38-26(32)28(29,30)31)22(21)36-23(33)17-12-8-6-9-13-17/h6-15,19-22,24-25,32H,16H2,1-5H3/t19?,20?,21?,22?,24-,25?/m1/s1. The van der Waals surface area contributed by atoms with Gasteiger partial charge in [-0.25, -0.2) is 4.79 Å². The van der Waals surface area contributed by atoms with Crippen LogP contribution in [-0.2, 0) is 28.1 Å². The van der Waals surface area contributed by atoms with Crippen molar-refractivity contribution in [2.45, 2.75) is 79.7 Å². The van der Waals surface area contributed by atoms with E-state index in [1.807, 2.05) is 30.3 Å².